The minimum absolute atomic E-state index is 0.0976. The number of rotatable bonds is 9. The first kappa shape index (κ1) is 25.1. The summed E-state index contributed by atoms with van der Waals surface area (Å²) in [7, 11) is 0. The van der Waals surface area contributed by atoms with Crippen molar-refractivity contribution < 1.29 is 29.0 Å². The molecule has 2 N–H and O–H groups in total. The second kappa shape index (κ2) is 11.1. The van der Waals surface area contributed by atoms with Gasteiger partial charge in [-0.3, -0.25) is 9.59 Å². The Hall–Kier alpha value is -3.04. The number of nitrogens with zero attached hydrogens (tertiary/aromatic N) is 1. The van der Waals surface area contributed by atoms with Gasteiger partial charge < -0.3 is 24.8 Å². The molecule has 1 fully saturated rings. The number of aliphatic carboxylic acids is 1. The molecular weight excluding hydrogens is 468 g/mol. The molecule has 35 heavy (non-hydrogen) atoms. The molecule has 0 unspecified atom stereocenters. The first-order valence-electron chi connectivity index (χ1n) is 11.7. The number of nitrogens with one attached hydrogen (secondary N) is 1. The van der Waals surface area contributed by atoms with Crippen molar-refractivity contribution in [1.29, 1.82) is 0 Å². The number of hydrogen-bond acceptors (Lipinski definition) is 6. The SMILES string of the molecule is CSCCN(CC(=O)O)C(=O)C1(NC(=O)OCC2c3ccccc3-c3ccccc32)CCOCC1. The van der Waals surface area contributed by atoms with Crippen LogP contribution in [-0.2, 0) is 19.1 Å². The van der Waals surface area contributed by atoms with E-state index in [2.05, 4.69) is 17.4 Å². The Kier molecular flexibility index (Phi) is 7.97. The third-order valence-electron chi connectivity index (χ3n) is 6.62. The summed E-state index contributed by atoms with van der Waals surface area (Å²) in [6, 6.07) is 16.1. The van der Waals surface area contributed by atoms with Crippen molar-refractivity contribution in [2.24, 2.45) is 0 Å². The Morgan fingerprint density at radius 2 is 1.69 bits per heavy atom. The second-order valence-electron chi connectivity index (χ2n) is 8.76. The largest absolute Gasteiger partial charge is 0.480 e. The number of hydrogen-bond donors (Lipinski definition) is 2. The molecule has 2 aliphatic rings. The number of fused-ring (bicyclic) bond motifs is 3. The third kappa shape index (κ3) is 5.46. The van der Waals surface area contributed by atoms with Crippen LogP contribution >= 0.6 is 11.8 Å². The van der Waals surface area contributed by atoms with E-state index in [1.807, 2.05) is 42.7 Å². The minimum atomic E-state index is -1.26. The number of carboxylic acid groups (broad SMARTS) is 1. The molecule has 0 saturated carbocycles. The lowest BCUT2D eigenvalue weighted by Gasteiger charge is -2.39. The van der Waals surface area contributed by atoms with Crippen LogP contribution in [0.5, 0.6) is 0 Å². The first-order valence-corrected chi connectivity index (χ1v) is 13.1. The quantitative estimate of drug-likeness (QED) is 0.546. The Bertz CT molecular complexity index is 1040. The van der Waals surface area contributed by atoms with Gasteiger partial charge in [0, 0.05) is 44.3 Å². The molecule has 1 aliphatic carbocycles. The van der Waals surface area contributed by atoms with Crippen LogP contribution in [0.1, 0.15) is 29.9 Å². The van der Waals surface area contributed by atoms with Gasteiger partial charge in [-0.05, 0) is 28.5 Å². The fourth-order valence-corrected chi connectivity index (χ4v) is 5.26. The zero-order chi connectivity index (χ0) is 24.8. The van der Waals surface area contributed by atoms with Gasteiger partial charge in [0.1, 0.15) is 18.7 Å². The van der Waals surface area contributed by atoms with Gasteiger partial charge in [-0.1, -0.05) is 48.5 Å². The van der Waals surface area contributed by atoms with Crippen LogP contribution in [0.4, 0.5) is 4.79 Å². The molecule has 1 heterocycles. The zero-order valence-electron chi connectivity index (χ0n) is 19.7. The fourth-order valence-electron chi connectivity index (χ4n) is 4.86. The molecule has 1 saturated heterocycles. The van der Waals surface area contributed by atoms with Crippen LogP contribution in [0.3, 0.4) is 0 Å². The van der Waals surface area contributed by atoms with Crippen LogP contribution < -0.4 is 5.32 Å². The van der Waals surface area contributed by atoms with E-state index in [9.17, 15) is 19.5 Å². The summed E-state index contributed by atoms with van der Waals surface area (Å²) in [6.07, 6.45) is 1.71. The normalized spacial score (nSPS) is 16.1. The molecule has 4 rings (SSSR count). The number of carboxylic acids is 1. The fraction of sp³-hybridized carbons (Fsp3) is 0.423. The lowest BCUT2D eigenvalue weighted by molar-refractivity contribution is -0.149. The van der Waals surface area contributed by atoms with E-state index in [4.69, 9.17) is 9.47 Å². The number of thioether (sulfide) groups is 1. The topological polar surface area (TPSA) is 105 Å². The van der Waals surface area contributed by atoms with Crippen molar-refractivity contribution in [3.8, 4) is 11.1 Å². The molecule has 9 heteroatoms. The summed E-state index contributed by atoms with van der Waals surface area (Å²) >= 11 is 1.52. The van der Waals surface area contributed by atoms with Gasteiger partial charge in [0.15, 0.2) is 0 Å². The summed E-state index contributed by atoms with van der Waals surface area (Å²) < 4.78 is 11.1. The molecule has 0 radical (unpaired) electrons. The second-order valence-corrected chi connectivity index (χ2v) is 9.74. The summed E-state index contributed by atoms with van der Waals surface area (Å²) in [5, 5.41) is 12.1. The summed E-state index contributed by atoms with van der Waals surface area (Å²) in [5.74, 6) is -1.01. The Morgan fingerprint density at radius 1 is 1.09 bits per heavy atom. The number of benzene rings is 2. The molecule has 2 aromatic rings. The highest BCUT2D eigenvalue weighted by Gasteiger charge is 2.45. The number of amides is 2. The molecule has 0 bridgehead atoms. The zero-order valence-corrected chi connectivity index (χ0v) is 20.5. The van der Waals surface area contributed by atoms with Gasteiger partial charge in [-0.25, -0.2) is 4.79 Å². The van der Waals surface area contributed by atoms with E-state index in [0.29, 0.717) is 19.0 Å². The third-order valence-corrected chi connectivity index (χ3v) is 7.21. The van der Waals surface area contributed by atoms with E-state index in [0.717, 1.165) is 22.3 Å². The predicted molar refractivity (Wildman–Crippen MR) is 134 cm³/mol. The van der Waals surface area contributed by atoms with E-state index < -0.39 is 30.1 Å². The summed E-state index contributed by atoms with van der Waals surface area (Å²) in [4.78, 5) is 39.2. The maximum atomic E-state index is 13.5. The van der Waals surface area contributed by atoms with Crippen LogP contribution in [0.2, 0.25) is 0 Å². The van der Waals surface area contributed by atoms with Crippen LogP contribution in [0, 0.1) is 0 Å². The van der Waals surface area contributed by atoms with Crippen molar-refractivity contribution in [2.45, 2.75) is 24.3 Å². The molecule has 0 aromatic heterocycles. The Labute approximate surface area is 209 Å². The lowest BCUT2D eigenvalue weighted by atomic mass is 9.88. The molecular formula is C26H30N2O6S. The first-order chi connectivity index (χ1) is 16.9. The van der Waals surface area contributed by atoms with Crippen molar-refractivity contribution in [3.63, 3.8) is 0 Å². The smallest absolute Gasteiger partial charge is 0.408 e. The number of ether oxygens (including phenoxy) is 2. The van der Waals surface area contributed by atoms with E-state index in [1.165, 1.54) is 16.7 Å². The molecule has 8 nitrogen and oxygen atoms in total. The number of carbonyl (C=O) groups excluding carboxylic acids is 2. The van der Waals surface area contributed by atoms with Crippen LogP contribution in [0.15, 0.2) is 48.5 Å². The standard InChI is InChI=1S/C26H30N2O6S/c1-35-15-12-28(16-23(29)30)24(31)26(10-13-33-14-11-26)27-25(32)34-17-22-20-8-4-2-6-18(20)19-7-3-5-9-21(19)22/h2-9,22H,10-17H2,1H3,(H,27,32)(H,29,30). The molecule has 186 valence electrons. The predicted octanol–water partition coefficient (Wildman–Crippen LogP) is 3.35. The van der Waals surface area contributed by atoms with E-state index in [-0.39, 0.29) is 31.9 Å². The van der Waals surface area contributed by atoms with Crippen LogP contribution in [-0.4, -0.2) is 78.4 Å². The van der Waals surface area contributed by atoms with E-state index >= 15 is 0 Å². The highest BCUT2D eigenvalue weighted by Crippen LogP contribution is 2.44. The highest BCUT2D eigenvalue weighted by molar-refractivity contribution is 7.98. The van der Waals surface area contributed by atoms with Gasteiger partial charge in [0.2, 0.25) is 5.91 Å². The van der Waals surface area contributed by atoms with E-state index in [1.54, 1.807) is 0 Å². The molecule has 2 amide bonds. The van der Waals surface area contributed by atoms with Gasteiger partial charge in [0.05, 0.1) is 0 Å². The van der Waals surface area contributed by atoms with Gasteiger partial charge >= 0.3 is 12.1 Å². The lowest BCUT2D eigenvalue weighted by Crippen LogP contribution is -2.63. The van der Waals surface area contributed by atoms with Gasteiger partial charge in [-0.2, -0.15) is 11.8 Å². The molecule has 1 aliphatic heterocycles. The minimum Gasteiger partial charge on any atom is -0.480 e. The van der Waals surface area contributed by atoms with Crippen molar-refractivity contribution >= 4 is 29.7 Å². The molecule has 0 spiro atoms. The van der Waals surface area contributed by atoms with Gasteiger partial charge in [0.25, 0.3) is 0 Å². The molecule has 2 aromatic carbocycles. The highest BCUT2D eigenvalue weighted by atomic mass is 32.2. The van der Waals surface area contributed by atoms with Crippen molar-refractivity contribution in [3.05, 3.63) is 59.7 Å². The molecule has 0 atom stereocenters. The average molecular weight is 499 g/mol. The maximum absolute atomic E-state index is 13.5. The summed E-state index contributed by atoms with van der Waals surface area (Å²) in [6.45, 7) is 0.569. The number of alkyl carbamates (subject to hydrolysis) is 1. The van der Waals surface area contributed by atoms with Crippen molar-refractivity contribution in [1.82, 2.24) is 10.2 Å². The monoisotopic (exact) mass is 498 g/mol. The van der Waals surface area contributed by atoms with Crippen LogP contribution in [0.25, 0.3) is 11.1 Å². The maximum Gasteiger partial charge on any atom is 0.408 e. The number of carbonyl (C=O) groups is 3. The average Bonchev–Trinajstić information content (AvgIpc) is 3.19. The summed E-state index contributed by atoms with van der Waals surface area (Å²) in [5.41, 5.74) is 3.21. The van der Waals surface area contributed by atoms with Gasteiger partial charge in [-0.15, -0.1) is 0 Å². The van der Waals surface area contributed by atoms with Crippen molar-refractivity contribution in [2.75, 3.05) is 44.9 Å². The Morgan fingerprint density at radius 3 is 2.26 bits per heavy atom. The Balaban J connectivity index is 1.49.